The van der Waals surface area contributed by atoms with Crippen molar-refractivity contribution >= 4 is 5.91 Å². The topological polar surface area (TPSA) is 32.8 Å². The van der Waals surface area contributed by atoms with Gasteiger partial charge in [-0.3, -0.25) is 4.79 Å². The Morgan fingerprint density at radius 2 is 1.32 bits per heavy atom. The Balaban J connectivity index is 1.54. The number of carbonyl (C=O) groups is 1. The third-order valence-electron chi connectivity index (χ3n) is 5.70. The van der Waals surface area contributed by atoms with Crippen LogP contribution in [0.25, 0.3) is 0 Å². The average molecular weight is 417 g/mol. The van der Waals surface area contributed by atoms with Crippen LogP contribution in [-0.2, 0) is 0 Å². The molecule has 3 rings (SSSR count). The summed E-state index contributed by atoms with van der Waals surface area (Å²) in [7, 11) is 5.61. The van der Waals surface area contributed by atoms with E-state index in [1.807, 2.05) is 31.3 Å². The van der Waals surface area contributed by atoms with E-state index < -0.39 is 0 Å². The molecule has 0 aliphatic rings. The summed E-state index contributed by atoms with van der Waals surface area (Å²) in [5.74, 6) is 1.15. The summed E-state index contributed by atoms with van der Waals surface area (Å²) in [6, 6.07) is 28.6. The summed E-state index contributed by atoms with van der Waals surface area (Å²) < 4.78 is 5.17. The second-order valence-electron chi connectivity index (χ2n) is 7.92. The fourth-order valence-corrected chi connectivity index (χ4v) is 3.73. The molecule has 0 N–H and O–H groups in total. The van der Waals surface area contributed by atoms with E-state index in [-0.39, 0.29) is 5.91 Å². The van der Waals surface area contributed by atoms with Gasteiger partial charge in [-0.2, -0.15) is 0 Å². The van der Waals surface area contributed by atoms with E-state index in [4.69, 9.17) is 4.74 Å². The number of hydrogen-bond donors (Lipinski definition) is 0. The number of methoxy groups -OCH3 is 1. The standard InChI is InChI=1S/C27H32N2O2/c1-28(20-21-29(2)27(30)24-14-16-25(31-3)17-15-24)19-18-26(22-10-6-4-7-11-22)23-12-8-5-9-13-23/h4-17,26H,18-21H2,1-3H3. The van der Waals surface area contributed by atoms with Crippen molar-refractivity contribution in [3.63, 3.8) is 0 Å². The van der Waals surface area contributed by atoms with Crippen molar-refractivity contribution in [2.24, 2.45) is 0 Å². The maximum atomic E-state index is 12.7. The van der Waals surface area contributed by atoms with Gasteiger partial charge in [0.15, 0.2) is 0 Å². The number of hydrogen-bond acceptors (Lipinski definition) is 3. The molecule has 0 aromatic heterocycles. The summed E-state index contributed by atoms with van der Waals surface area (Å²) in [6.45, 7) is 2.47. The highest BCUT2D eigenvalue weighted by Gasteiger charge is 2.16. The highest BCUT2D eigenvalue weighted by molar-refractivity contribution is 5.94. The zero-order valence-corrected chi connectivity index (χ0v) is 18.7. The molecule has 0 aliphatic carbocycles. The lowest BCUT2D eigenvalue weighted by molar-refractivity contribution is 0.0782. The van der Waals surface area contributed by atoms with Crippen LogP contribution in [0, 0.1) is 0 Å². The zero-order chi connectivity index (χ0) is 22.1. The minimum Gasteiger partial charge on any atom is -0.497 e. The van der Waals surface area contributed by atoms with Gasteiger partial charge < -0.3 is 14.5 Å². The Hall–Kier alpha value is -3.11. The summed E-state index contributed by atoms with van der Waals surface area (Å²) in [5, 5.41) is 0. The number of ether oxygens (including phenoxy) is 1. The first kappa shape index (κ1) is 22.6. The van der Waals surface area contributed by atoms with Gasteiger partial charge in [0.1, 0.15) is 5.75 Å². The second kappa shape index (κ2) is 11.3. The highest BCUT2D eigenvalue weighted by atomic mass is 16.5. The Bertz CT molecular complexity index is 887. The molecule has 0 aliphatic heterocycles. The van der Waals surface area contributed by atoms with Crippen LogP contribution in [-0.4, -0.2) is 56.5 Å². The number of nitrogens with zero attached hydrogens (tertiary/aromatic N) is 2. The summed E-state index contributed by atoms with van der Waals surface area (Å²) in [5.41, 5.74) is 3.36. The molecule has 0 saturated carbocycles. The Morgan fingerprint density at radius 1 is 0.774 bits per heavy atom. The predicted molar refractivity (Wildman–Crippen MR) is 127 cm³/mol. The highest BCUT2D eigenvalue weighted by Crippen LogP contribution is 2.27. The van der Waals surface area contributed by atoms with Crippen LogP contribution in [0.1, 0.15) is 33.8 Å². The molecule has 0 fully saturated rings. The van der Waals surface area contributed by atoms with Crippen molar-refractivity contribution in [2.75, 3.05) is 40.8 Å². The van der Waals surface area contributed by atoms with E-state index in [9.17, 15) is 4.79 Å². The van der Waals surface area contributed by atoms with Crippen LogP contribution in [0.15, 0.2) is 84.9 Å². The largest absolute Gasteiger partial charge is 0.497 e. The van der Waals surface area contributed by atoms with Crippen molar-refractivity contribution in [1.29, 1.82) is 0 Å². The van der Waals surface area contributed by atoms with Gasteiger partial charge in [-0.25, -0.2) is 0 Å². The predicted octanol–water partition coefficient (Wildman–Crippen LogP) is 4.92. The molecule has 3 aromatic carbocycles. The fourth-order valence-electron chi connectivity index (χ4n) is 3.73. The van der Waals surface area contributed by atoms with Gasteiger partial charge in [0.2, 0.25) is 0 Å². The van der Waals surface area contributed by atoms with Crippen LogP contribution in [0.4, 0.5) is 0 Å². The lowest BCUT2D eigenvalue weighted by atomic mass is 9.88. The van der Waals surface area contributed by atoms with E-state index in [1.165, 1.54) is 11.1 Å². The lowest BCUT2D eigenvalue weighted by Gasteiger charge is -2.25. The van der Waals surface area contributed by atoms with E-state index in [1.54, 1.807) is 12.0 Å². The Kier molecular flexibility index (Phi) is 8.25. The molecule has 0 bridgehead atoms. The molecule has 0 spiro atoms. The fraction of sp³-hybridized carbons (Fsp3) is 0.296. The van der Waals surface area contributed by atoms with Crippen LogP contribution >= 0.6 is 0 Å². The smallest absolute Gasteiger partial charge is 0.253 e. The SMILES string of the molecule is COc1ccc(C(=O)N(C)CCN(C)CCC(c2ccccc2)c2ccccc2)cc1. The van der Waals surface area contributed by atoms with Gasteiger partial charge in [-0.05, 0) is 55.4 Å². The molecule has 3 aromatic rings. The summed E-state index contributed by atoms with van der Waals surface area (Å²) >= 11 is 0. The molecule has 4 heteroatoms. The number of rotatable bonds is 10. The molecule has 0 saturated heterocycles. The van der Waals surface area contributed by atoms with Crippen LogP contribution in [0.2, 0.25) is 0 Å². The first-order valence-corrected chi connectivity index (χ1v) is 10.8. The lowest BCUT2D eigenvalue weighted by Crippen LogP contribution is -2.35. The molecule has 0 atom stereocenters. The van der Waals surface area contributed by atoms with Gasteiger partial charge in [0.05, 0.1) is 7.11 Å². The third kappa shape index (κ3) is 6.43. The van der Waals surface area contributed by atoms with Crippen LogP contribution in [0.3, 0.4) is 0 Å². The maximum absolute atomic E-state index is 12.7. The van der Waals surface area contributed by atoms with Gasteiger partial charge >= 0.3 is 0 Å². The number of carbonyl (C=O) groups excluding carboxylic acids is 1. The molecule has 0 unspecified atom stereocenters. The molecule has 0 radical (unpaired) electrons. The van der Waals surface area contributed by atoms with Crippen LogP contribution < -0.4 is 4.74 Å². The van der Waals surface area contributed by atoms with Crippen molar-refractivity contribution in [1.82, 2.24) is 9.80 Å². The molecular formula is C27H32N2O2. The Labute approximate surface area is 186 Å². The van der Waals surface area contributed by atoms with Gasteiger partial charge in [-0.1, -0.05) is 60.7 Å². The molecule has 4 nitrogen and oxygen atoms in total. The monoisotopic (exact) mass is 416 g/mol. The van der Waals surface area contributed by atoms with Crippen LogP contribution in [0.5, 0.6) is 5.75 Å². The second-order valence-corrected chi connectivity index (χ2v) is 7.92. The molecule has 162 valence electrons. The minimum atomic E-state index is 0.0301. The van der Waals surface area contributed by atoms with E-state index in [0.29, 0.717) is 18.0 Å². The summed E-state index contributed by atoms with van der Waals surface area (Å²) in [4.78, 5) is 16.7. The van der Waals surface area contributed by atoms with Crippen molar-refractivity contribution in [2.45, 2.75) is 12.3 Å². The third-order valence-corrected chi connectivity index (χ3v) is 5.70. The minimum absolute atomic E-state index is 0.0301. The number of amides is 1. The Morgan fingerprint density at radius 3 is 1.84 bits per heavy atom. The number of likely N-dealkylation sites (N-methyl/N-ethyl adjacent to an activating group) is 2. The average Bonchev–Trinajstić information content (AvgIpc) is 2.83. The van der Waals surface area contributed by atoms with Crippen molar-refractivity contribution in [3.8, 4) is 5.75 Å². The normalized spacial score (nSPS) is 11.0. The first-order chi connectivity index (χ1) is 15.1. The van der Waals surface area contributed by atoms with Gasteiger partial charge in [0.25, 0.3) is 5.91 Å². The van der Waals surface area contributed by atoms with Gasteiger partial charge in [0, 0.05) is 31.6 Å². The molecule has 0 heterocycles. The zero-order valence-electron chi connectivity index (χ0n) is 18.7. The quantitative estimate of drug-likeness (QED) is 0.470. The maximum Gasteiger partial charge on any atom is 0.253 e. The van der Waals surface area contributed by atoms with Gasteiger partial charge in [-0.15, -0.1) is 0 Å². The molecule has 31 heavy (non-hydrogen) atoms. The van der Waals surface area contributed by atoms with E-state index in [0.717, 1.165) is 25.3 Å². The first-order valence-electron chi connectivity index (χ1n) is 10.8. The van der Waals surface area contributed by atoms with E-state index >= 15 is 0 Å². The summed E-state index contributed by atoms with van der Waals surface area (Å²) in [6.07, 6.45) is 1.03. The molecule has 1 amide bonds. The molecular weight excluding hydrogens is 384 g/mol. The van der Waals surface area contributed by atoms with E-state index in [2.05, 4.69) is 72.6 Å². The van der Waals surface area contributed by atoms with Crippen molar-refractivity contribution < 1.29 is 9.53 Å². The van der Waals surface area contributed by atoms with Crippen molar-refractivity contribution in [3.05, 3.63) is 102 Å². The number of benzene rings is 3.